The highest BCUT2D eigenvalue weighted by atomic mass is 35.5. The largest absolute Gasteiger partial charge is 0.347 e. The Balaban J connectivity index is 1.73. The van der Waals surface area contributed by atoms with E-state index >= 15 is 0 Å². The van der Waals surface area contributed by atoms with Crippen LogP contribution in [0.2, 0.25) is 10.0 Å². The number of pyridine rings is 1. The SMILES string of the molecule is O=C(N[C@@H]1CC[C@@H]1c1ccccc1Cl)c1ncccc1Cl. The van der Waals surface area contributed by atoms with Gasteiger partial charge < -0.3 is 5.32 Å². The molecule has 3 rings (SSSR count). The van der Waals surface area contributed by atoms with Crippen molar-refractivity contribution in [3.05, 3.63) is 63.9 Å². The van der Waals surface area contributed by atoms with Crippen molar-refractivity contribution in [3.63, 3.8) is 0 Å². The topological polar surface area (TPSA) is 42.0 Å². The lowest BCUT2D eigenvalue weighted by Gasteiger charge is -2.38. The first-order valence-corrected chi connectivity index (χ1v) is 7.58. The Labute approximate surface area is 133 Å². The summed E-state index contributed by atoms with van der Waals surface area (Å²) in [5.74, 6) is 0.0208. The minimum absolute atomic E-state index is 0.0791. The summed E-state index contributed by atoms with van der Waals surface area (Å²) in [7, 11) is 0. The number of benzene rings is 1. The Hall–Kier alpha value is -1.58. The van der Waals surface area contributed by atoms with Crippen molar-refractivity contribution in [2.75, 3.05) is 0 Å². The maximum Gasteiger partial charge on any atom is 0.271 e. The first kappa shape index (κ1) is 14.4. The Morgan fingerprint density at radius 3 is 2.52 bits per heavy atom. The zero-order valence-corrected chi connectivity index (χ0v) is 12.7. The smallest absolute Gasteiger partial charge is 0.271 e. The second-order valence-corrected chi connectivity index (χ2v) is 5.93. The van der Waals surface area contributed by atoms with E-state index in [4.69, 9.17) is 23.2 Å². The van der Waals surface area contributed by atoms with Crippen molar-refractivity contribution < 1.29 is 4.79 Å². The summed E-state index contributed by atoms with van der Waals surface area (Å²) >= 11 is 12.2. The Morgan fingerprint density at radius 2 is 1.86 bits per heavy atom. The first-order valence-electron chi connectivity index (χ1n) is 6.82. The van der Waals surface area contributed by atoms with E-state index in [0.717, 1.165) is 23.4 Å². The molecule has 3 nitrogen and oxygen atoms in total. The van der Waals surface area contributed by atoms with Gasteiger partial charge in [-0.05, 0) is 36.6 Å². The van der Waals surface area contributed by atoms with E-state index < -0.39 is 0 Å². The molecule has 1 aliphatic rings. The molecule has 0 bridgehead atoms. The molecule has 1 heterocycles. The van der Waals surface area contributed by atoms with Gasteiger partial charge in [0.2, 0.25) is 0 Å². The number of carbonyl (C=O) groups is 1. The molecule has 1 aliphatic carbocycles. The van der Waals surface area contributed by atoms with Crippen LogP contribution in [0.15, 0.2) is 42.6 Å². The van der Waals surface area contributed by atoms with Crippen molar-refractivity contribution in [2.24, 2.45) is 0 Å². The summed E-state index contributed by atoms with van der Waals surface area (Å²) in [5, 5.41) is 4.12. The second-order valence-electron chi connectivity index (χ2n) is 5.12. The average molecular weight is 321 g/mol. The van der Waals surface area contributed by atoms with Crippen LogP contribution in [0, 0.1) is 0 Å². The van der Waals surface area contributed by atoms with Gasteiger partial charge in [-0.3, -0.25) is 4.79 Å². The molecule has 1 aromatic carbocycles. The summed E-state index contributed by atoms with van der Waals surface area (Å²) in [4.78, 5) is 16.3. The zero-order chi connectivity index (χ0) is 14.8. The third kappa shape index (κ3) is 2.89. The molecule has 21 heavy (non-hydrogen) atoms. The molecule has 5 heteroatoms. The van der Waals surface area contributed by atoms with Gasteiger partial charge in [0.15, 0.2) is 0 Å². The van der Waals surface area contributed by atoms with Crippen LogP contribution in [-0.4, -0.2) is 16.9 Å². The van der Waals surface area contributed by atoms with E-state index in [2.05, 4.69) is 10.3 Å². The summed E-state index contributed by atoms with van der Waals surface area (Å²) in [6, 6.07) is 11.2. The summed E-state index contributed by atoms with van der Waals surface area (Å²) in [5.41, 5.74) is 1.35. The minimum atomic E-state index is -0.234. The monoisotopic (exact) mass is 320 g/mol. The molecule has 0 spiro atoms. The molecule has 0 unspecified atom stereocenters. The number of amides is 1. The van der Waals surface area contributed by atoms with Gasteiger partial charge in [-0.15, -0.1) is 0 Å². The summed E-state index contributed by atoms with van der Waals surface area (Å²) < 4.78 is 0. The molecule has 0 aliphatic heterocycles. The van der Waals surface area contributed by atoms with Crippen molar-refractivity contribution >= 4 is 29.1 Å². The van der Waals surface area contributed by atoms with E-state index in [9.17, 15) is 4.79 Å². The normalized spacial score (nSPS) is 20.7. The van der Waals surface area contributed by atoms with Gasteiger partial charge in [0.05, 0.1) is 5.02 Å². The molecule has 2 atom stereocenters. The van der Waals surface area contributed by atoms with E-state index in [1.54, 1.807) is 18.3 Å². The highest BCUT2D eigenvalue weighted by Crippen LogP contribution is 2.40. The van der Waals surface area contributed by atoms with Crippen molar-refractivity contribution in [3.8, 4) is 0 Å². The number of hydrogen-bond acceptors (Lipinski definition) is 2. The zero-order valence-electron chi connectivity index (χ0n) is 11.2. The number of aromatic nitrogens is 1. The van der Waals surface area contributed by atoms with Crippen molar-refractivity contribution in [2.45, 2.75) is 24.8 Å². The Kier molecular flexibility index (Phi) is 4.13. The van der Waals surface area contributed by atoms with Crippen LogP contribution in [0.3, 0.4) is 0 Å². The average Bonchev–Trinajstić information content (AvgIpc) is 2.46. The van der Waals surface area contributed by atoms with Gasteiger partial charge in [0, 0.05) is 23.2 Å². The summed E-state index contributed by atoms with van der Waals surface area (Å²) in [6.07, 6.45) is 3.52. The van der Waals surface area contributed by atoms with Crippen molar-refractivity contribution in [1.29, 1.82) is 0 Å². The number of halogens is 2. The quantitative estimate of drug-likeness (QED) is 0.926. The molecule has 108 valence electrons. The van der Waals surface area contributed by atoms with Gasteiger partial charge in [-0.1, -0.05) is 41.4 Å². The second kappa shape index (κ2) is 6.04. The van der Waals surface area contributed by atoms with Crippen LogP contribution in [-0.2, 0) is 0 Å². The number of nitrogens with one attached hydrogen (secondary N) is 1. The fraction of sp³-hybridized carbons (Fsp3) is 0.250. The molecule has 1 amide bonds. The predicted octanol–water partition coefficient (Wildman–Crippen LogP) is 4.06. The highest BCUT2D eigenvalue weighted by molar-refractivity contribution is 6.33. The van der Waals surface area contributed by atoms with Gasteiger partial charge in [-0.25, -0.2) is 4.98 Å². The molecule has 0 radical (unpaired) electrons. The first-order chi connectivity index (χ1) is 10.2. The van der Waals surface area contributed by atoms with Gasteiger partial charge >= 0.3 is 0 Å². The number of nitrogens with zero attached hydrogens (tertiary/aromatic N) is 1. The number of carbonyl (C=O) groups excluding carboxylic acids is 1. The molecule has 1 saturated carbocycles. The Morgan fingerprint density at radius 1 is 1.10 bits per heavy atom. The predicted molar refractivity (Wildman–Crippen MR) is 83.9 cm³/mol. The highest BCUT2D eigenvalue weighted by Gasteiger charge is 2.34. The van der Waals surface area contributed by atoms with Gasteiger partial charge in [0.1, 0.15) is 5.69 Å². The molecule has 1 fully saturated rings. The fourth-order valence-corrected chi connectivity index (χ4v) is 3.09. The third-order valence-corrected chi connectivity index (χ3v) is 4.52. The van der Waals surface area contributed by atoms with Gasteiger partial charge in [0.25, 0.3) is 5.91 Å². The molecular weight excluding hydrogens is 307 g/mol. The van der Waals surface area contributed by atoms with Gasteiger partial charge in [-0.2, -0.15) is 0 Å². The molecular formula is C16H14Cl2N2O. The standard InChI is InChI=1S/C16H14Cl2N2O/c17-12-5-2-1-4-10(12)11-7-8-14(11)20-16(21)15-13(18)6-3-9-19-15/h1-6,9,11,14H,7-8H2,(H,20,21)/t11-,14-/m1/s1. The van der Waals surface area contributed by atoms with Crippen LogP contribution in [0.4, 0.5) is 0 Å². The van der Waals surface area contributed by atoms with Crippen LogP contribution in [0.1, 0.15) is 34.8 Å². The molecule has 0 saturated heterocycles. The van der Waals surface area contributed by atoms with Crippen molar-refractivity contribution in [1.82, 2.24) is 10.3 Å². The van der Waals surface area contributed by atoms with E-state index in [-0.39, 0.29) is 23.6 Å². The van der Waals surface area contributed by atoms with Crippen LogP contribution >= 0.6 is 23.2 Å². The third-order valence-electron chi connectivity index (χ3n) is 3.87. The summed E-state index contributed by atoms with van der Waals surface area (Å²) in [6.45, 7) is 0. The molecule has 1 N–H and O–H groups in total. The maximum atomic E-state index is 12.2. The fourth-order valence-electron chi connectivity index (χ4n) is 2.61. The minimum Gasteiger partial charge on any atom is -0.347 e. The van der Waals surface area contributed by atoms with E-state index in [1.807, 2.05) is 24.3 Å². The maximum absolute atomic E-state index is 12.2. The van der Waals surface area contributed by atoms with Crippen LogP contribution in [0.25, 0.3) is 0 Å². The van der Waals surface area contributed by atoms with E-state index in [1.165, 1.54) is 0 Å². The number of hydrogen-bond donors (Lipinski definition) is 1. The lowest BCUT2D eigenvalue weighted by atomic mass is 9.75. The lowest BCUT2D eigenvalue weighted by Crippen LogP contribution is -2.45. The van der Waals surface area contributed by atoms with Crippen LogP contribution < -0.4 is 5.32 Å². The van der Waals surface area contributed by atoms with Crippen LogP contribution in [0.5, 0.6) is 0 Å². The molecule has 2 aromatic rings. The Bertz CT molecular complexity index is 675. The van der Waals surface area contributed by atoms with E-state index in [0.29, 0.717) is 5.02 Å². The number of rotatable bonds is 3. The molecule has 1 aromatic heterocycles. The lowest BCUT2D eigenvalue weighted by molar-refractivity contribution is 0.0900.